The number of hydrogen-bond donors (Lipinski definition) is 1. The Balaban J connectivity index is 1.82. The maximum absolute atomic E-state index is 13.0. The van der Waals surface area contributed by atoms with Crippen LogP contribution in [0.15, 0.2) is 48.5 Å². The van der Waals surface area contributed by atoms with Crippen LogP contribution in [0.3, 0.4) is 0 Å². The Bertz CT molecular complexity index is 576. The Kier molecular flexibility index (Phi) is 3.83. The number of nitrogens with one attached hydrogen (secondary N) is 1. The molecular weight excluding hydrogens is 249 g/mol. The van der Waals surface area contributed by atoms with Gasteiger partial charge in [0.1, 0.15) is 5.82 Å². The summed E-state index contributed by atoms with van der Waals surface area (Å²) in [4.78, 5) is 0. The third-order valence-corrected chi connectivity index (χ3v) is 4.37. The third-order valence-electron chi connectivity index (χ3n) is 4.37. The van der Waals surface area contributed by atoms with Gasteiger partial charge >= 0.3 is 0 Å². The summed E-state index contributed by atoms with van der Waals surface area (Å²) in [5, 5.41) is 3.47. The lowest BCUT2D eigenvalue weighted by Gasteiger charge is -2.33. The van der Waals surface area contributed by atoms with Crippen molar-refractivity contribution in [3.63, 3.8) is 0 Å². The van der Waals surface area contributed by atoms with Crippen molar-refractivity contribution in [2.45, 2.75) is 25.3 Å². The van der Waals surface area contributed by atoms with Crippen LogP contribution in [0.5, 0.6) is 0 Å². The molecule has 0 bridgehead atoms. The van der Waals surface area contributed by atoms with Crippen LogP contribution in [0.2, 0.25) is 0 Å². The lowest BCUT2D eigenvalue weighted by Crippen LogP contribution is -2.31. The van der Waals surface area contributed by atoms with E-state index in [-0.39, 0.29) is 5.82 Å². The Morgan fingerprint density at radius 3 is 2.60 bits per heavy atom. The van der Waals surface area contributed by atoms with Gasteiger partial charge in [-0.25, -0.2) is 4.39 Å². The molecule has 1 aliphatic rings. The van der Waals surface area contributed by atoms with E-state index in [0.717, 1.165) is 12.8 Å². The highest BCUT2D eigenvalue weighted by Crippen LogP contribution is 2.36. The molecule has 20 heavy (non-hydrogen) atoms. The zero-order chi connectivity index (χ0) is 13.9. The molecule has 3 rings (SSSR count). The van der Waals surface area contributed by atoms with Crippen LogP contribution < -0.4 is 5.32 Å². The van der Waals surface area contributed by atoms with E-state index in [4.69, 9.17) is 0 Å². The molecular formula is C18H20FN. The molecule has 0 fully saturated rings. The summed E-state index contributed by atoms with van der Waals surface area (Å²) in [5.74, 6) is 0.410. The minimum atomic E-state index is -0.159. The number of hydrogen-bond acceptors (Lipinski definition) is 1. The van der Waals surface area contributed by atoms with Crippen LogP contribution in [0.4, 0.5) is 4.39 Å². The lowest BCUT2D eigenvalue weighted by molar-refractivity contribution is 0.334. The fourth-order valence-electron chi connectivity index (χ4n) is 3.36. The van der Waals surface area contributed by atoms with Crippen molar-refractivity contribution in [1.29, 1.82) is 0 Å². The Hall–Kier alpha value is -1.67. The maximum atomic E-state index is 13.0. The first-order valence-corrected chi connectivity index (χ1v) is 7.27. The molecule has 0 saturated heterocycles. The van der Waals surface area contributed by atoms with Gasteiger partial charge in [0, 0.05) is 6.04 Å². The second-order valence-corrected chi connectivity index (χ2v) is 5.59. The Morgan fingerprint density at radius 2 is 1.85 bits per heavy atom. The van der Waals surface area contributed by atoms with Gasteiger partial charge in [-0.2, -0.15) is 0 Å². The fraction of sp³-hybridized carbons (Fsp3) is 0.333. The molecule has 1 N–H and O–H groups in total. The molecule has 0 saturated carbocycles. The zero-order valence-electron chi connectivity index (χ0n) is 11.8. The molecule has 0 amide bonds. The smallest absolute Gasteiger partial charge is 0.123 e. The van der Waals surface area contributed by atoms with Crippen molar-refractivity contribution in [3.05, 3.63) is 71.0 Å². The fourth-order valence-corrected chi connectivity index (χ4v) is 3.36. The predicted octanol–water partition coefficient (Wildman–Crippen LogP) is 3.89. The highest BCUT2D eigenvalue weighted by molar-refractivity contribution is 5.33. The van der Waals surface area contributed by atoms with Crippen LogP contribution in [-0.4, -0.2) is 7.05 Å². The van der Waals surface area contributed by atoms with Crippen molar-refractivity contribution in [1.82, 2.24) is 5.32 Å². The summed E-state index contributed by atoms with van der Waals surface area (Å²) in [6.45, 7) is 0. The van der Waals surface area contributed by atoms with Gasteiger partial charge in [0.15, 0.2) is 0 Å². The molecule has 0 radical (unpaired) electrons. The largest absolute Gasteiger partial charge is 0.313 e. The first-order valence-electron chi connectivity index (χ1n) is 7.27. The second-order valence-electron chi connectivity index (χ2n) is 5.59. The van der Waals surface area contributed by atoms with Gasteiger partial charge in [-0.15, -0.1) is 0 Å². The molecule has 0 aromatic heterocycles. The summed E-state index contributed by atoms with van der Waals surface area (Å²) in [6, 6.07) is 16.0. The SMILES string of the molecule is CNC1c2ccccc2CCC1Cc1ccc(F)cc1. The lowest BCUT2D eigenvalue weighted by atomic mass is 9.77. The quantitative estimate of drug-likeness (QED) is 0.891. The Morgan fingerprint density at radius 1 is 1.10 bits per heavy atom. The van der Waals surface area contributed by atoms with Crippen molar-refractivity contribution >= 4 is 0 Å². The molecule has 0 spiro atoms. The minimum absolute atomic E-state index is 0.159. The van der Waals surface area contributed by atoms with Crippen LogP contribution in [-0.2, 0) is 12.8 Å². The van der Waals surface area contributed by atoms with E-state index < -0.39 is 0 Å². The van der Waals surface area contributed by atoms with Crippen LogP contribution >= 0.6 is 0 Å². The standard InChI is InChI=1S/C18H20FN/c1-20-18-15(12-13-6-10-16(19)11-7-13)9-8-14-4-2-3-5-17(14)18/h2-7,10-11,15,18,20H,8-9,12H2,1H3. The number of rotatable bonds is 3. The van der Waals surface area contributed by atoms with Crippen LogP contribution in [0.1, 0.15) is 29.2 Å². The molecule has 1 aliphatic carbocycles. The van der Waals surface area contributed by atoms with E-state index in [2.05, 4.69) is 29.6 Å². The van der Waals surface area contributed by atoms with Gasteiger partial charge in [0.05, 0.1) is 0 Å². The summed E-state index contributed by atoms with van der Waals surface area (Å²) in [6.07, 6.45) is 3.32. The monoisotopic (exact) mass is 269 g/mol. The van der Waals surface area contributed by atoms with E-state index in [0.29, 0.717) is 12.0 Å². The van der Waals surface area contributed by atoms with E-state index in [1.807, 2.05) is 19.2 Å². The third kappa shape index (κ3) is 2.61. The molecule has 0 heterocycles. The minimum Gasteiger partial charge on any atom is -0.313 e. The van der Waals surface area contributed by atoms with Crippen LogP contribution in [0, 0.1) is 11.7 Å². The maximum Gasteiger partial charge on any atom is 0.123 e. The molecule has 1 nitrogen and oxygen atoms in total. The van der Waals surface area contributed by atoms with E-state index in [1.165, 1.54) is 23.1 Å². The number of aryl methyl sites for hydroxylation is 1. The second kappa shape index (κ2) is 5.76. The summed E-state index contributed by atoms with van der Waals surface area (Å²) in [7, 11) is 2.03. The first-order chi connectivity index (χ1) is 9.78. The van der Waals surface area contributed by atoms with Gasteiger partial charge in [0.25, 0.3) is 0 Å². The van der Waals surface area contributed by atoms with Crippen molar-refractivity contribution in [2.24, 2.45) is 5.92 Å². The predicted molar refractivity (Wildman–Crippen MR) is 80.2 cm³/mol. The molecule has 2 heteroatoms. The summed E-state index contributed by atoms with van der Waals surface area (Å²) < 4.78 is 13.0. The van der Waals surface area contributed by atoms with Crippen molar-refractivity contribution < 1.29 is 4.39 Å². The average molecular weight is 269 g/mol. The van der Waals surface area contributed by atoms with E-state index >= 15 is 0 Å². The van der Waals surface area contributed by atoms with E-state index in [9.17, 15) is 4.39 Å². The topological polar surface area (TPSA) is 12.0 Å². The Labute approximate surface area is 119 Å². The molecule has 2 aromatic rings. The van der Waals surface area contributed by atoms with Gasteiger partial charge in [0.2, 0.25) is 0 Å². The van der Waals surface area contributed by atoms with Gasteiger partial charge < -0.3 is 5.32 Å². The summed E-state index contributed by atoms with van der Waals surface area (Å²) >= 11 is 0. The normalized spacial score (nSPS) is 21.5. The number of fused-ring (bicyclic) bond motifs is 1. The highest BCUT2D eigenvalue weighted by Gasteiger charge is 2.28. The summed E-state index contributed by atoms with van der Waals surface area (Å²) in [5.41, 5.74) is 4.10. The van der Waals surface area contributed by atoms with Crippen molar-refractivity contribution in [2.75, 3.05) is 7.05 Å². The molecule has 104 valence electrons. The van der Waals surface area contributed by atoms with E-state index in [1.54, 1.807) is 12.1 Å². The van der Waals surface area contributed by atoms with Crippen molar-refractivity contribution in [3.8, 4) is 0 Å². The molecule has 2 aromatic carbocycles. The molecule has 0 aliphatic heterocycles. The van der Waals surface area contributed by atoms with Gasteiger partial charge in [-0.05, 0) is 61.1 Å². The van der Waals surface area contributed by atoms with Gasteiger partial charge in [-0.3, -0.25) is 0 Å². The average Bonchev–Trinajstić information content (AvgIpc) is 2.49. The van der Waals surface area contributed by atoms with Gasteiger partial charge in [-0.1, -0.05) is 36.4 Å². The molecule has 2 unspecified atom stereocenters. The zero-order valence-corrected chi connectivity index (χ0v) is 11.8. The number of benzene rings is 2. The first kappa shape index (κ1) is 13.3. The molecule has 2 atom stereocenters. The number of halogens is 1. The highest BCUT2D eigenvalue weighted by atomic mass is 19.1. The van der Waals surface area contributed by atoms with Crippen LogP contribution in [0.25, 0.3) is 0 Å².